The zero-order chi connectivity index (χ0) is 19.3. The van der Waals surface area contributed by atoms with Crippen LogP contribution in [0.25, 0.3) is 10.7 Å². The molecule has 0 bridgehead atoms. The van der Waals surface area contributed by atoms with Crippen molar-refractivity contribution < 1.29 is 9.53 Å². The maximum Gasteiger partial charge on any atom is 0.285 e. The van der Waals surface area contributed by atoms with Crippen molar-refractivity contribution >= 4 is 23.2 Å². The molecule has 0 aliphatic rings. The molecule has 2 aromatic carbocycles. The molecule has 4 rings (SSSR count). The molecular formula is C21H18N4O2S. The van der Waals surface area contributed by atoms with Gasteiger partial charge in [-0.2, -0.15) is 9.67 Å². The van der Waals surface area contributed by atoms with Gasteiger partial charge in [0, 0.05) is 6.54 Å². The number of carbonyl (C=O) groups excluding carboxylic acids is 1. The summed E-state index contributed by atoms with van der Waals surface area (Å²) in [7, 11) is 1.54. The second-order valence-corrected chi connectivity index (χ2v) is 6.94. The molecule has 7 heteroatoms. The van der Waals surface area contributed by atoms with Gasteiger partial charge in [-0.3, -0.25) is 4.79 Å². The molecule has 1 N–H and O–H groups in total. The number of anilines is 1. The van der Waals surface area contributed by atoms with E-state index in [-0.39, 0.29) is 5.91 Å². The maximum absolute atomic E-state index is 13.2. The fourth-order valence-corrected chi connectivity index (χ4v) is 3.44. The van der Waals surface area contributed by atoms with E-state index < -0.39 is 0 Å². The zero-order valence-corrected chi connectivity index (χ0v) is 16.0. The first kappa shape index (κ1) is 17.9. The Hall–Kier alpha value is -3.45. The fraction of sp³-hybridized carbons (Fsp3) is 0.0952. The van der Waals surface area contributed by atoms with Gasteiger partial charge >= 0.3 is 0 Å². The smallest absolute Gasteiger partial charge is 0.285 e. The minimum absolute atomic E-state index is 0.302. The Bertz CT molecular complexity index is 1080. The van der Waals surface area contributed by atoms with Crippen LogP contribution >= 0.6 is 11.3 Å². The molecule has 0 saturated heterocycles. The molecule has 0 spiro atoms. The van der Waals surface area contributed by atoms with Crippen molar-refractivity contribution in [2.24, 2.45) is 0 Å². The molecule has 4 aromatic rings. The Kier molecular flexibility index (Phi) is 5.16. The standard InChI is InChI=1S/C21H18N4O2S/c1-27-17-11-6-5-10-16(17)20(26)25-21(22-14-15-8-3-2-4-9-15)23-19(24-25)18-12-7-13-28-18/h2-13H,14H2,1H3,(H,22,23,24). The highest BCUT2D eigenvalue weighted by atomic mass is 32.1. The maximum atomic E-state index is 13.2. The summed E-state index contributed by atoms with van der Waals surface area (Å²) in [6, 6.07) is 20.9. The number of carbonyl (C=O) groups is 1. The van der Waals surface area contributed by atoms with Gasteiger partial charge in [-0.15, -0.1) is 16.4 Å². The molecule has 0 atom stereocenters. The Morgan fingerprint density at radius 2 is 1.86 bits per heavy atom. The molecule has 140 valence electrons. The Labute approximate surface area is 166 Å². The van der Waals surface area contributed by atoms with Crippen LogP contribution in [-0.4, -0.2) is 27.8 Å². The molecule has 2 aromatic heterocycles. The van der Waals surface area contributed by atoms with Gasteiger partial charge in [-0.1, -0.05) is 48.5 Å². The Balaban J connectivity index is 1.71. The summed E-state index contributed by atoms with van der Waals surface area (Å²) in [5.74, 6) is 1.09. The highest BCUT2D eigenvalue weighted by Crippen LogP contribution is 2.25. The van der Waals surface area contributed by atoms with E-state index in [4.69, 9.17) is 4.74 Å². The van der Waals surface area contributed by atoms with E-state index in [9.17, 15) is 4.79 Å². The van der Waals surface area contributed by atoms with Crippen LogP contribution in [0.15, 0.2) is 72.1 Å². The average Bonchev–Trinajstić information content (AvgIpc) is 3.42. The third kappa shape index (κ3) is 3.65. The van der Waals surface area contributed by atoms with Crippen LogP contribution in [0.3, 0.4) is 0 Å². The van der Waals surface area contributed by atoms with Gasteiger partial charge in [0.2, 0.25) is 5.95 Å². The van der Waals surface area contributed by atoms with Crippen LogP contribution in [0.1, 0.15) is 15.9 Å². The van der Waals surface area contributed by atoms with Crippen LogP contribution in [0.4, 0.5) is 5.95 Å². The number of ether oxygens (including phenoxy) is 1. The highest BCUT2D eigenvalue weighted by Gasteiger charge is 2.21. The third-order valence-corrected chi connectivity index (χ3v) is 5.04. The number of aromatic nitrogens is 3. The summed E-state index contributed by atoms with van der Waals surface area (Å²) in [6.45, 7) is 0.530. The third-order valence-electron chi connectivity index (χ3n) is 4.17. The molecule has 0 radical (unpaired) electrons. The van der Waals surface area contributed by atoms with Crippen LogP contribution in [-0.2, 0) is 6.54 Å². The Morgan fingerprint density at radius 3 is 2.61 bits per heavy atom. The minimum atomic E-state index is -0.302. The fourth-order valence-electron chi connectivity index (χ4n) is 2.79. The van der Waals surface area contributed by atoms with E-state index in [2.05, 4.69) is 15.4 Å². The van der Waals surface area contributed by atoms with E-state index in [0.29, 0.717) is 29.6 Å². The van der Waals surface area contributed by atoms with Crippen molar-refractivity contribution in [2.45, 2.75) is 6.54 Å². The molecule has 0 aliphatic heterocycles. The summed E-state index contributed by atoms with van der Waals surface area (Å²) < 4.78 is 6.64. The normalized spacial score (nSPS) is 10.6. The van der Waals surface area contributed by atoms with Gasteiger partial charge in [0.15, 0.2) is 5.82 Å². The molecule has 0 unspecified atom stereocenters. The van der Waals surface area contributed by atoms with Gasteiger partial charge in [0.25, 0.3) is 5.91 Å². The van der Waals surface area contributed by atoms with Crippen molar-refractivity contribution in [3.05, 3.63) is 83.2 Å². The topological polar surface area (TPSA) is 69.0 Å². The lowest BCUT2D eigenvalue weighted by Gasteiger charge is -2.09. The van der Waals surface area contributed by atoms with Crippen molar-refractivity contribution in [3.63, 3.8) is 0 Å². The van der Waals surface area contributed by atoms with E-state index in [1.807, 2.05) is 53.9 Å². The van der Waals surface area contributed by atoms with Crippen molar-refractivity contribution in [2.75, 3.05) is 12.4 Å². The lowest BCUT2D eigenvalue weighted by atomic mass is 10.2. The molecule has 6 nitrogen and oxygen atoms in total. The number of rotatable bonds is 6. The quantitative estimate of drug-likeness (QED) is 0.531. The zero-order valence-electron chi connectivity index (χ0n) is 15.2. The number of benzene rings is 2. The van der Waals surface area contributed by atoms with Crippen molar-refractivity contribution in [1.29, 1.82) is 0 Å². The molecule has 0 aliphatic carbocycles. The number of nitrogens with zero attached hydrogens (tertiary/aromatic N) is 3. The molecular weight excluding hydrogens is 372 g/mol. The molecule has 28 heavy (non-hydrogen) atoms. The average molecular weight is 390 g/mol. The van der Waals surface area contributed by atoms with Crippen LogP contribution in [0.5, 0.6) is 5.75 Å². The number of para-hydroxylation sites is 1. The Morgan fingerprint density at radius 1 is 1.07 bits per heavy atom. The first-order chi connectivity index (χ1) is 13.8. The largest absolute Gasteiger partial charge is 0.496 e. The number of thiophene rings is 1. The van der Waals surface area contributed by atoms with E-state index in [1.165, 1.54) is 16.0 Å². The van der Waals surface area contributed by atoms with Gasteiger partial charge in [0.05, 0.1) is 17.6 Å². The second kappa shape index (κ2) is 8.06. The molecule has 0 amide bonds. The van der Waals surface area contributed by atoms with E-state index in [1.54, 1.807) is 25.3 Å². The summed E-state index contributed by atoms with van der Waals surface area (Å²) in [4.78, 5) is 18.6. The molecule has 2 heterocycles. The highest BCUT2D eigenvalue weighted by molar-refractivity contribution is 7.13. The van der Waals surface area contributed by atoms with E-state index >= 15 is 0 Å². The van der Waals surface area contributed by atoms with Gasteiger partial charge in [-0.25, -0.2) is 0 Å². The lowest BCUT2D eigenvalue weighted by molar-refractivity contribution is 0.0944. The van der Waals surface area contributed by atoms with Crippen molar-refractivity contribution in [1.82, 2.24) is 14.8 Å². The SMILES string of the molecule is COc1ccccc1C(=O)n1nc(-c2cccs2)nc1NCc1ccccc1. The lowest BCUT2D eigenvalue weighted by Crippen LogP contribution is -2.18. The first-order valence-corrected chi connectivity index (χ1v) is 9.60. The van der Waals surface area contributed by atoms with Crippen LogP contribution in [0, 0.1) is 0 Å². The van der Waals surface area contributed by atoms with Gasteiger partial charge < -0.3 is 10.1 Å². The minimum Gasteiger partial charge on any atom is -0.496 e. The predicted octanol–water partition coefficient (Wildman–Crippen LogP) is 4.32. The summed E-state index contributed by atoms with van der Waals surface area (Å²) >= 11 is 1.53. The number of methoxy groups -OCH3 is 1. The molecule has 0 fully saturated rings. The number of nitrogens with one attached hydrogen (secondary N) is 1. The number of hydrogen-bond acceptors (Lipinski definition) is 6. The number of hydrogen-bond donors (Lipinski definition) is 1. The summed E-state index contributed by atoms with van der Waals surface area (Å²) in [5.41, 5.74) is 1.51. The first-order valence-electron chi connectivity index (χ1n) is 8.72. The van der Waals surface area contributed by atoms with Gasteiger partial charge in [-0.05, 0) is 29.1 Å². The van der Waals surface area contributed by atoms with Crippen molar-refractivity contribution in [3.8, 4) is 16.5 Å². The monoisotopic (exact) mass is 390 g/mol. The summed E-state index contributed by atoms with van der Waals surface area (Å²) in [5, 5.41) is 9.65. The van der Waals surface area contributed by atoms with Crippen LogP contribution < -0.4 is 10.1 Å². The summed E-state index contributed by atoms with van der Waals surface area (Å²) in [6.07, 6.45) is 0. The van der Waals surface area contributed by atoms with E-state index in [0.717, 1.165) is 10.4 Å². The second-order valence-electron chi connectivity index (χ2n) is 5.99. The molecule has 0 saturated carbocycles. The van der Waals surface area contributed by atoms with Gasteiger partial charge in [0.1, 0.15) is 5.75 Å². The predicted molar refractivity (Wildman–Crippen MR) is 110 cm³/mol. The van der Waals surface area contributed by atoms with Crippen LogP contribution in [0.2, 0.25) is 0 Å².